The summed E-state index contributed by atoms with van der Waals surface area (Å²) >= 11 is 0. The average molecular weight is 408 g/mol. The summed E-state index contributed by atoms with van der Waals surface area (Å²) in [5, 5.41) is 3.43. The van der Waals surface area contributed by atoms with E-state index < -0.39 is 0 Å². The largest absolute Gasteiger partial charge is 0.493 e. The molecular weight excluding hydrogens is 370 g/mol. The van der Waals surface area contributed by atoms with Crippen molar-refractivity contribution in [2.75, 3.05) is 67.3 Å². The highest BCUT2D eigenvalue weighted by Crippen LogP contribution is 2.28. The zero-order chi connectivity index (χ0) is 20.9. The molecule has 0 aromatic heterocycles. The summed E-state index contributed by atoms with van der Waals surface area (Å²) in [5.74, 6) is 3.11. The molecule has 1 fully saturated rings. The van der Waals surface area contributed by atoms with E-state index in [9.17, 15) is 0 Å². The van der Waals surface area contributed by atoms with Crippen molar-refractivity contribution >= 4 is 5.96 Å². The van der Waals surface area contributed by atoms with Crippen molar-refractivity contribution in [3.63, 3.8) is 0 Å². The number of rotatable bonds is 12. The van der Waals surface area contributed by atoms with E-state index in [0.717, 1.165) is 69.5 Å². The predicted octanol–water partition coefficient (Wildman–Crippen LogP) is 2.59. The molecule has 1 atom stereocenters. The first-order chi connectivity index (χ1) is 14.2. The number of nitrogens with zero attached hydrogens (tertiary/aromatic N) is 2. The van der Waals surface area contributed by atoms with Crippen LogP contribution in [-0.4, -0.2) is 78.2 Å². The number of nitrogens with one attached hydrogen (secondary N) is 1. The number of aliphatic imine (C=N–C) groups is 1. The third kappa shape index (κ3) is 7.74. The van der Waals surface area contributed by atoms with Gasteiger partial charge in [0, 0.05) is 39.2 Å². The van der Waals surface area contributed by atoms with Crippen LogP contribution >= 0.6 is 0 Å². The van der Waals surface area contributed by atoms with Gasteiger partial charge in [0.1, 0.15) is 0 Å². The van der Waals surface area contributed by atoms with Crippen LogP contribution in [0.1, 0.15) is 25.3 Å². The quantitative estimate of drug-likeness (QED) is 0.326. The van der Waals surface area contributed by atoms with Gasteiger partial charge in [-0.15, -0.1) is 0 Å². The molecule has 7 heteroatoms. The molecule has 164 valence electrons. The molecular formula is C22H37N3O4. The number of aryl methyl sites for hydroxylation is 1. The molecule has 2 rings (SSSR count). The van der Waals surface area contributed by atoms with Gasteiger partial charge >= 0.3 is 0 Å². The van der Waals surface area contributed by atoms with Crippen molar-refractivity contribution in [3.8, 4) is 11.5 Å². The van der Waals surface area contributed by atoms with E-state index >= 15 is 0 Å². The average Bonchev–Trinajstić information content (AvgIpc) is 3.22. The standard InChI is InChI=1S/C22H37N3O4/c1-5-23-22(25-12-10-19(16-25)17-29-14-13-26-2)24-11-6-7-18-8-9-20(27-3)21(15-18)28-4/h8-9,15,19H,5-7,10-14,16-17H2,1-4H3,(H,23,24). The normalized spacial score (nSPS) is 16.9. The zero-order valence-electron chi connectivity index (χ0n) is 18.4. The molecule has 0 radical (unpaired) electrons. The smallest absolute Gasteiger partial charge is 0.193 e. The Balaban J connectivity index is 1.80. The Morgan fingerprint density at radius 2 is 2.00 bits per heavy atom. The summed E-state index contributed by atoms with van der Waals surface area (Å²) in [7, 11) is 5.02. The topological polar surface area (TPSA) is 64.6 Å². The van der Waals surface area contributed by atoms with Gasteiger partial charge in [-0.1, -0.05) is 6.07 Å². The van der Waals surface area contributed by atoms with Crippen LogP contribution in [0.25, 0.3) is 0 Å². The minimum atomic E-state index is 0.558. The SMILES string of the molecule is CCNC(=NCCCc1ccc(OC)c(OC)c1)N1CCC(COCCOC)C1. The first kappa shape index (κ1) is 23.3. The maximum Gasteiger partial charge on any atom is 0.193 e. The Bertz CT molecular complexity index is 624. The van der Waals surface area contributed by atoms with Gasteiger partial charge in [-0.25, -0.2) is 0 Å². The van der Waals surface area contributed by atoms with Crippen molar-refractivity contribution in [2.24, 2.45) is 10.9 Å². The number of hydrogen-bond donors (Lipinski definition) is 1. The Morgan fingerprint density at radius 1 is 1.17 bits per heavy atom. The lowest BCUT2D eigenvalue weighted by Gasteiger charge is -2.21. The molecule has 0 saturated carbocycles. The highest BCUT2D eigenvalue weighted by molar-refractivity contribution is 5.80. The van der Waals surface area contributed by atoms with E-state index in [2.05, 4.69) is 23.2 Å². The van der Waals surface area contributed by atoms with Gasteiger partial charge in [-0.05, 0) is 43.9 Å². The molecule has 1 aliphatic rings. The zero-order valence-corrected chi connectivity index (χ0v) is 18.4. The van der Waals surface area contributed by atoms with Crippen LogP contribution in [-0.2, 0) is 15.9 Å². The first-order valence-electron chi connectivity index (χ1n) is 10.5. The first-order valence-corrected chi connectivity index (χ1v) is 10.5. The molecule has 7 nitrogen and oxygen atoms in total. The minimum Gasteiger partial charge on any atom is -0.493 e. The molecule has 0 spiro atoms. The number of benzene rings is 1. The fraction of sp³-hybridized carbons (Fsp3) is 0.682. The summed E-state index contributed by atoms with van der Waals surface area (Å²) in [6, 6.07) is 6.09. The number of guanidine groups is 1. The molecule has 0 amide bonds. The van der Waals surface area contributed by atoms with Crippen LogP contribution in [0.2, 0.25) is 0 Å². The second-order valence-electron chi connectivity index (χ2n) is 7.20. The Hall–Kier alpha value is -1.99. The minimum absolute atomic E-state index is 0.558. The Kier molecular flexibility index (Phi) is 10.7. The maximum atomic E-state index is 5.70. The van der Waals surface area contributed by atoms with Crippen LogP contribution in [0.3, 0.4) is 0 Å². The number of methoxy groups -OCH3 is 3. The highest BCUT2D eigenvalue weighted by Gasteiger charge is 2.24. The van der Waals surface area contributed by atoms with Crippen LogP contribution in [0.4, 0.5) is 0 Å². The van der Waals surface area contributed by atoms with Gasteiger partial charge < -0.3 is 29.2 Å². The van der Waals surface area contributed by atoms with Gasteiger partial charge in [0.15, 0.2) is 17.5 Å². The summed E-state index contributed by atoms with van der Waals surface area (Å²) < 4.78 is 21.4. The predicted molar refractivity (Wildman–Crippen MR) is 116 cm³/mol. The van der Waals surface area contributed by atoms with Crippen LogP contribution in [0.5, 0.6) is 11.5 Å². The van der Waals surface area contributed by atoms with Crippen molar-refractivity contribution in [3.05, 3.63) is 23.8 Å². The second-order valence-corrected chi connectivity index (χ2v) is 7.20. The maximum absolute atomic E-state index is 5.70. The molecule has 29 heavy (non-hydrogen) atoms. The second kappa shape index (κ2) is 13.3. The van der Waals surface area contributed by atoms with E-state index in [1.165, 1.54) is 5.56 Å². The van der Waals surface area contributed by atoms with Crippen molar-refractivity contribution in [1.82, 2.24) is 10.2 Å². The highest BCUT2D eigenvalue weighted by atomic mass is 16.5. The Morgan fingerprint density at radius 3 is 2.72 bits per heavy atom. The molecule has 1 heterocycles. The van der Waals surface area contributed by atoms with Crippen molar-refractivity contribution < 1.29 is 18.9 Å². The number of hydrogen-bond acceptors (Lipinski definition) is 5. The van der Waals surface area contributed by atoms with Crippen LogP contribution < -0.4 is 14.8 Å². The summed E-state index contributed by atoms with van der Waals surface area (Å²) in [6.45, 7) is 7.91. The van der Waals surface area contributed by atoms with Crippen LogP contribution in [0.15, 0.2) is 23.2 Å². The van der Waals surface area contributed by atoms with E-state index in [1.807, 2.05) is 12.1 Å². The number of likely N-dealkylation sites (tertiary alicyclic amines) is 1. The lowest BCUT2D eigenvalue weighted by atomic mass is 10.1. The lowest BCUT2D eigenvalue weighted by molar-refractivity contribution is 0.0536. The molecule has 1 aliphatic heterocycles. The van der Waals surface area contributed by atoms with E-state index in [-0.39, 0.29) is 0 Å². The van der Waals surface area contributed by atoms with E-state index in [1.54, 1.807) is 21.3 Å². The lowest BCUT2D eigenvalue weighted by Crippen LogP contribution is -2.40. The molecule has 0 aliphatic carbocycles. The summed E-state index contributed by atoms with van der Waals surface area (Å²) in [4.78, 5) is 7.20. The van der Waals surface area contributed by atoms with E-state index in [0.29, 0.717) is 19.1 Å². The van der Waals surface area contributed by atoms with Gasteiger partial charge in [0.2, 0.25) is 0 Å². The van der Waals surface area contributed by atoms with Gasteiger partial charge in [0.25, 0.3) is 0 Å². The number of ether oxygens (including phenoxy) is 4. The van der Waals surface area contributed by atoms with Crippen molar-refractivity contribution in [2.45, 2.75) is 26.2 Å². The Labute approximate surface area is 175 Å². The van der Waals surface area contributed by atoms with Crippen molar-refractivity contribution in [1.29, 1.82) is 0 Å². The third-order valence-electron chi connectivity index (χ3n) is 5.04. The molecule has 1 aromatic carbocycles. The molecule has 1 aromatic rings. The summed E-state index contributed by atoms with van der Waals surface area (Å²) in [6.07, 6.45) is 3.09. The molecule has 1 saturated heterocycles. The molecule has 0 bridgehead atoms. The fourth-order valence-electron chi connectivity index (χ4n) is 3.48. The van der Waals surface area contributed by atoms with E-state index in [4.69, 9.17) is 23.9 Å². The molecule has 1 N–H and O–H groups in total. The van der Waals surface area contributed by atoms with Gasteiger partial charge in [0.05, 0.1) is 34.0 Å². The van der Waals surface area contributed by atoms with Gasteiger partial charge in [-0.3, -0.25) is 4.99 Å². The molecule has 1 unspecified atom stereocenters. The van der Waals surface area contributed by atoms with Gasteiger partial charge in [-0.2, -0.15) is 0 Å². The third-order valence-corrected chi connectivity index (χ3v) is 5.04. The summed E-state index contributed by atoms with van der Waals surface area (Å²) in [5.41, 5.74) is 1.23. The fourth-order valence-corrected chi connectivity index (χ4v) is 3.48. The van der Waals surface area contributed by atoms with Crippen LogP contribution in [0, 0.1) is 5.92 Å². The monoisotopic (exact) mass is 407 g/mol.